The van der Waals surface area contributed by atoms with Crippen molar-refractivity contribution in [3.05, 3.63) is 0 Å². The molecular weight excluding hydrogens is 279 g/mol. The van der Waals surface area contributed by atoms with E-state index in [0.29, 0.717) is 0 Å². The van der Waals surface area contributed by atoms with Gasteiger partial charge in [-0.1, -0.05) is 18.3 Å². The SMILES string of the molecule is CC(C)OP(=S)(OC(C)C)SC(C)CC(=O)O. The van der Waals surface area contributed by atoms with E-state index in [9.17, 15) is 4.79 Å². The first kappa shape index (κ1) is 17.4. The van der Waals surface area contributed by atoms with Gasteiger partial charge in [0, 0.05) is 5.25 Å². The van der Waals surface area contributed by atoms with Crippen molar-refractivity contribution in [3.8, 4) is 0 Å². The normalized spacial score (nSPS) is 14.3. The molecule has 0 radical (unpaired) electrons. The molecule has 4 nitrogen and oxygen atoms in total. The fourth-order valence-corrected chi connectivity index (χ4v) is 8.17. The number of carbonyl (C=O) groups is 1. The van der Waals surface area contributed by atoms with Crippen molar-refractivity contribution in [2.24, 2.45) is 0 Å². The van der Waals surface area contributed by atoms with Crippen LogP contribution in [-0.4, -0.2) is 28.5 Å². The first-order valence-electron chi connectivity index (χ1n) is 5.51. The molecule has 7 heteroatoms. The lowest BCUT2D eigenvalue weighted by Crippen LogP contribution is -2.10. The van der Waals surface area contributed by atoms with Gasteiger partial charge in [-0.2, -0.15) is 0 Å². The molecule has 17 heavy (non-hydrogen) atoms. The summed E-state index contributed by atoms with van der Waals surface area (Å²) in [6.07, 6.45) is 0.0135. The quantitative estimate of drug-likeness (QED) is 0.690. The van der Waals surface area contributed by atoms with Crippen LogP contribution in [0.5, 0.6) is 0 Å². The van der Waals surface area contributed by atoms with Gasteiger partial charge in [0.1, 0.15) is 0 Å². The van der Waals surface area contributed by atoms with Crippen molar-refractivity contribution in [2.75, 3.05) is 0 Å². The fraction of sp³-hybridized carbons (Fsp3) is 0.900. The second-order valence-electron chi connectivity index (χ2n) is 4.27. The number of rotatable bonds is 8. The minimum Gasteiger partial charge on any atom is -0.481 e. The van der Waals surface area contributed by atoms with Crippen LogP contribution in [0.3, 0.4) is 0 Å². The first-order valence-corrected chi connectivity index (χ1v) is 9.64. The minimum atomic E-state index is -2.46. The summed E-state index contributed by atoms with van der Waals surface area (Å²) in [6, 6.07) is 0. The lowest BCUT2D eigenvalue weighted by atomic mass is 10.3. The number of carboxylic acids is 1. The molecule has 0 aliphatic rings. The third-order valence-electron chi connectivity index (χ3n) is 1.45. The van der Waals surface area contributed by atoms with E-state index in [1.807, 2.05) is 34.6 Å². The topological polar surface area (TPSA) is 55.8 Å². The molecule has 0 fully saturated rings. The third-order valence-corrected chi connectivity index (χ3v) is 7.26. The molecule has 1 unspecified atom stereocenters. The van der Waals surface area contributed by atoms with Crippen LogP contribution >= 0.6 is 17.1 Å². The predicted molar refractivity (Wildman–Crippen MR) is 76.0 cm³/mol. The Morgan fingerprint density at radius 3 is 1.94 bits per heavy atom. The van der Waals surface area contributed by atoms with Gasteiger partial charge in [0.15, 0.2) is 0 Å². The Labute approximate surface area is 112 Å². The average molecular weight is 300 g/mol. The van der Waals surface area contributed by atoms with Gasteiger partial charge in [-0.25, -0.2) is 0 Å². The summed E-state index contributed by atoms with van der Waals surface area (Å²) < 4.78 is 11.3. The molecule has 0 heterocycles. The van der Waals surface area contributed by atoms with Crippen LogP contribution in [0.25, 0.3) is 0 Å². The summed E-state index contributed by atoms with van der Waals surface area (Å²) in [5, 5.41) is 8.61. The number of aliphatic carboxylic acids is 1. The molecule has 0 rings (SSSR count). The summed E-state index contributed by atoms with van der Waals surface area (Å²) in [6.45, 7) is 9.41. The number of carboxylic acid groups (broad SMARTS) is 1. The van der Waals surface area contributed by atoms with E-state index in [1.54, 1.807) is 0 Å². The van der Waals surface area contributed by atoms with Gasteiger partial charge in [-0.15, -0.1) is 0 Å². The van der Waals surface area contributed by atoms with Crippen molar-refractivity contribution < 1.29 is 18.9 Å². The van der Waals surface area contributed by atoms with Crippen molar-refractivity contribution >= 4 is 34.9 Å². The lowest BCUT2D eigenvalue weighted by Gasteiger charge is -2.27. The molecule has 0 aromatic rings. The summed E-state index contributed by atoms with van der Waals surface area (Å²) in [5.74, 6) is -0.833. The van der Waals surface area contributed by atoms with Crippen LogP contribution in [0, 0.1) is 0 Å². The van der Waals surface area contributed by atoms with Crippen LogP contribution in [0.2, 0.25) is 0 Å². The van der Waals surface area contributed by atoms with Crippen LogP contribution in [-0.2, 0) is 25.6 Å². The third kappa shape index (κ3) is 9.03. The molecular formula is C10H21O4PS2. The van der Waals surface area contributed by atoms with Crippen molar-refractivity contribution in [1.82, 2.24) is 0 Å². The van der Waals surface area contributed by atoms with Crippen LogP contribution in [0.15, 0.2) is 0 Å². The van der Waals surface area contributed by atoms with E-state index >= 15 is 0 Å². The van der Waals surface area contributed by atoms with Crippen molar-refractivity contribution in [2.45, 2.75) is 58.5 Å². The fourth-order valence-electron chi connectivity index (χ4n) is 1.09. The first-order chi connectivity index (χ1) is 7.64. The summed E-state index contributed by atoms with van der Waals surface area (Å²) >= 11 is 6.75. The largest absolute Gasteiger partial charge is 0.481 e. The zero-order valence-electron chi connectivity index (χ0n) is 10.9. The summed E-state index contributed by atoms with van der Waals surface area (Å²) in [5.41, 5.74) is -2.46. The molecule has 1 N–H and O–H groups in total. The van der Waals surface area contributed by atoms with E-state index in [2.05, 4.69) is 0 Å². The van der Waals surface area contributed by atoms with Gasteiger partial charge in [0.25, 0.3) is 0 Å². The minimum absolute atomic E-state index is 0.0240. The molecule has 0 saturated heterocycles. The van der Waals surface area contributed by atoms with Crippen molar-refractivity contribution in [1.29, 1.82) is 0 Å². The Morgan fingerprint density at radius 1 is 1.24 bits per heavy atom. The Balaban J connectivity index is 4.58. The number of hydrogen-bond donors (Lipinski definition) is 1. The molecule has 0 aromatic carbocycles. The maximum absolute atomic E-state index is 10.6. The zero-order valence-corrected chi connectivity index (χ0v) is 13.4. The maximum Gasteiger partial charge on any atom is 0.304 e. The molecule has 0 aliphatic heterocycles. The van der Waals surface area contributed by atoms with E-state index in [0.717, 1.165) is 0 Å². The second kappa shape index (κ2) is 7.74. The van der Waals surface area contributed by atoms with Gasteiger partial charge in [-0.3, -0.25) is 4.79 Å². The smallest absolute Gasteiger partial charge is 0.304 e. The Morgan fingerprint density at radius 2 is 1.65 bits per heavy atom. The number of hydrogen-bond acceptors (Lipinski definition) is 5. The monoisotopic (exact) mass is 300 g/mol. The standard InChI is InChI=1S/C10H21O4PS2/c1-7(2)13-15(16,14-8(3)4)17-9(5)6-10(11)12/h7-9H,6H2,1-5H3,(H,11,12). The highest BCUT2D eigenvalue weighted by Gasteiger charge is 2.27. The molecule has 102 valence electrons. The Kier molecular flexibility index (Phi) is 7.92. The predicted octanol–water partition coefficient (Wildman–Crippen LogP) is 3.66. The van der Waals surface area contributed by atoms with Crippen LogP contribution in [0.4, 0.5) is 0 Å². The van der Waals surface area contributed by atoms with Crippen LogP contribution in [0.1, 0.15) is 41.0 Å². The second-order valence-corrected chi connectivity index (χ2v) is 10.8. The molecule has 1 atom stereocenters. The highest BCUT2D eigenvalue weighted by Crippen LogP contribution is 2.64. The van der Waals surface area contributed by atoms with E-state index in [4.69, 9.17) is 26.0 Å². The molecule has 0 saturated carbocycles. The van der Waals surface area contributed by atoms with Gasteiger partial charge >= 0.3 is 5.97 Å². The van der Waals surface area contributed by atoms with E-state index < -0.39 is 11.7 Å². The van der Waals surface area contributed by atoms with Crippen LogP contribution < -0.4 is 0 Å². The Hall–Kier alpha value is 0.390. The lowest BCUT2D eigenvalue weighted by molar-refractivity contribution is -0.136. The molecule has 0 bridgehead atoms. The van der Waals surface area contributed by atoms with E-state index in [1.165, 1.54) is 11.4 Å². The Bertz CT molecular complexity index is 280. The maximum atomic E-state index is 10.6. The summed E-state index contributed by atoms with van der Waals surface area (Å²) in [7, 11) is 0. The average Bonchev–Trinajstić information content (AvgIpc) is 1.95. The highest BCUT2D eigenvalue weighted by atomic mass is 32.9. The molecule has 0 amide bonds. The van der Waals surface area contributed by atoms with Gasteiger partial charge < -0.3 is 14.2 Å². The van der Waals surface area contributed by atoms with Gasteiger partial charge in [0.05, 0.1) is 18.6 Å². The van der Waals surface area contributed by atoms with Crippen molar-refractivity contribution in [3.63, 3.8) is 0 Å². The van der Waals surface area contributed by atoms with Gasteiger partial charge in [0.2, 0.25) is 5.69 Å². The molecule has 0 spiro atoms. The van der Waals surface area contributed by atoms with E-state index in [-0.39, 0.29) is 23.9 Å². The highest BCUT2D eigenvalue weighted by molar-refractivity contribution is 8.68. The zero-order chi connectivity index (χ0) is 13.6. The molecule has 0 aromatic heterocycles. The van der Waals surface area contributed by atoms with Gasteiger partial charge in [-0.05, 0) is 39.5 Å². The summed E-state index contributed by atoms with van der Waals surface area (Å²) in [4.78, 5) is 10.6. The molecule has 0 aliphatic carbocycles.